The zero-order chi connectivity index (χ0) is 15.4. The number of aromatic nitrogens is 2. The Morgan fingerprint density at radius 3 is 2.76 bits per heavy atom. The maximum Gasteiger partial charge on any atom is 0.252 e. The highest BCUT2D eigenvalue weighted by Crippen LogP contribution is 2.12. The maximum atomic E-state index is 12.3. The fourth-order valence-corrected chi connectivity index (χ4v) is 2.20. The van der Waals surface area contributed by atoms with E-state index in [0.717, 1.165) is 11.0 Å². The number of nitrogens with zero attached hydrogens (tertiary/aromatic N) is 1. The van der Waals surface area contributed by atoms with E-state index in [1.54, 1.807) is 31.6 Å². The molecule has 0 spiro atoms. The molecule has 0 saturated heterocycles. The average Bonchev–Trinajstić information content (AvgIpc) is 2.92. The lowest BCUT2D eigenvalue weighted by atomic mass is 10.0. The first kappa shape index (κ1) is 15.0. The molecule has 1 unspecified atom stereocenters. The number of aromatic amines is 1. The number of hydrogen-bond acceptors (Lipinski definition) is 3. The summed E-state index contributed by atoms with van der Waals surface area (Å²) in [6.45, 7) is 4.03. The van der Waals surface area contributed by atoms with Crippen molar-refractivity contribution < 1.29 is 9.59 Å². The molecule has 0 bridgehead atoms. The smallest absolute Gasteiger partial charge is 0.252 e. The van der Waals surface area contributed by atoms with E-state index in [0.29, 0.717) is 17.9 Å². The lowest BCUT2D eigenvalue weighted by molar-refractivity contribution is -0.122. The van der Waals surface area contributed by atoms with E-state index in [1.807, 2.05) is 13.8 Å². The third kappa shape index (κ3) is 3.59. The minimum Gasteiger partial charge on any atom is -0.357 e. The minimum absolute atomic E-state index is 0.181. The minimum atomic E-state index is -0.528. The fourth-order valence-electron chi connectivity index (χ4n) is 2.20. The van der Waals surface area contributed by atoms with E-state index in [2.05, 4.69) is 20.6 Å². The van der Waals surface area contributed by atoms with Gasteiger partial charge in [0.05, 0.1) is 17.4 Å². The van der Waals surface area contributed by atoms with Gasteiger partial charge < -0.3 is 15.6 Å². The van der Waals surface area contributed by atoms with Gasteiger partial charge in [0.15, 0.2) is 0 Å². The molecule has 0 aliphatic carbocycles. The van der Waals surface area contributed by atoms with Crippen molar-refractivity contribution in [3.05, 3.63) is 30.1 Å². The molecule has 6 heteroatoms. The molecule has 0 aliphatic rings. The molecule has 6 nitrogen and oxygen atoms in total. The monoisotopic (exact) mass is 288 g/mol. The van der Waals surface area contributed by atoms with Gasteiger partial charge in [-0.25, -0.2) is 4.98 Å². The highest BCUT2D eigenvalue weighted by Gasteiger charge is 2.21. The summed E-state index contributed by atoms with van der Waals surface area (Å²) >= 11 is 0. The van der Waals surface area contributed by atoms with Crippen LogP contribution in [0.15, 0.2) is 24.5 Å². The number of nitrogens with one attached hydrogen (secondary N) is 3. The van der Waals surface area contributed by atoms with Crippen LogP contribution < -0.4 is 10.6 Å². The van der Waals surface area contributed by atoms with Crippen molar-refractivity contribution in [2.24, 2.45) is 5.92 Å². The molecule has 0 radical (unpaired) electrons. The molecule has 0 saturated carbocycles. The summed E-state index contributed by atoms with van der Waals surface area (Å²) in [5.41, 5.74) is 2.10. The van der Waals surface area contributed by atoms with Crippen molar-refractivity contribution in [3.63, 3.8) is 0 Å². The number of amides is 2. The fraction of sp³-hybridized carbons (Fsp3) is 0.400. The molecule has 3 N–H and O–H groups in total. The summed E-state index contributed by atoms with van der Waals surface area (Å²) in [5.74, 6) is -0.136. The van der Waals surface area contributed by atoms with Crippen LogP contribution in [0.4, 0.5) is 0 Å². The molecule has 21 heavy (non-hydrogen) atoms. The molecular weight excluding hydrogens is 268 g/mol. The van der Waals surface area contributed by atoms with Crippen LogP contribution in [0.2, 0.25) is 0 Å². The molecule has 1 heterocycles. The second-order valence-electron chi connectivity index (χ2n) is 5.40. The predicted molar refractivity (Wildman–Crippen MR) is 80.9 cm³/mol. The van der Waals surface area contributed by atoms with E-state index in [1.165, 1.54) is 0 Å². The van der Waals surface area contributed by atoms with Gasteiger partial charge in [-0.3, -0.25) is 9.59 Å². The number of benzene rings is 1. The maximum absolute atomic E-state index is 12.3. The van der Waals surface area contributed by atoms with Gasteiger partial charge in [-0.1, -0.05) is 13.8 Å². The first-order chi connectivity index (χ1) is 10.0. The highest BCUT2D eigenvalue weighted by molar-refractivity contribution is 5.99. The van der Waals surface area contributed by atoms with Crippen LogP contribution in [0.1, 0.15) is 30.6 Å². The van der Waals surface area contributed by atoms with Crippen LogP contribution in [0, 0.1) is 5.92 Å². The van der Waals surface area contributed by atoms with Crippen LogP contribution in [0.5, 0.6) is 0 Å². The summed E-state index contributed by atoms with van der Waals surface area (Å²) in [5, 5.41) is 5.37. The van der Waals surface area contributed by atoms with Gasteiger partial charge in [0.25, 0.3) is 5.91 Å². The molecule has 0 aliphatic heterocycles. The SMILES string of the molecule is CNC(=O)C(CC(C)C)NC(=O)c1ccc2nc[nH]c2c1. The Labute approximate surface area is 123 Å². The summed E-state index contributed by atoms with van der Waals surface area (Å²) in [6, 6.07) is 4.68. The third-order valence-electron chi connectivity index (χ3n) is 3.26. The zero-order valence-corrected chi connectivity index (χ0v) is 12.4. The quantitative estimate of drug-likeness (QED) is 0.778. The second-order valence-corrected chi connectivity index (χ2v) is 5.40. The predicted octanol–water partition coefficient (Wildman–Crippen LogP) is 1.45. The van der Waals surface area contributed by atoms with E-state index in [-0.39, 0.29) is 11.8 Å². The lowest BCUT2D eigenvalue weighted by Gasteiger charge is -2.19. The van der Waals surface area contributed by atoms with Crippen molar-refractivity contribution in [1.82, 2.24) is 20.6 Å². The first-order valence-electron chi connectivity index (χ1n) is 6.97. The molecule has 1 aromatic carbocycles. The van der Waals surface area contributed by atoms with Crippen molar-refractivity contribution in [1.29, 1.82) is 0 Å². The van der Waals surface area contributed by atoms with Gasteiger partial charge >= 0.3 is 0 Å². The third-order valence-corrected chi connectivity index (χ3v) is 3.26. The van der Waals surface area contributed by atoms with E-state index < -0.39 is 6.04 Å². The average molecular weight is 288 g/mol. The Balaban J connectivity index is 2.15. The number of fused-ring (bicyclic) bond motifs is 1. The number of imidazole rings is 1. The lowest BCUT2D eigenvalue weighted by Crippen LogP contribution is -2.46. The highest BCUT2D eigenvalue weighted by atomic mass is 16.2. The van der Waals surface area contributed by atoms with Crippen molar-refractivity contribution in [2.45, 2.75) is 26.3 Å². The van der Waals surface area contributed by atoms with Crippen LogP contribution in [0.3, 0.4) is 0 Å². The molecular formula is C15H20N4O2. The van der Waals surface area contributed by atoms with Gasteiger partial charge in [-0.2, -0.15) is 0 Å². The van der Waals surface area contributed by atoms with Crippen LogP contribution in [-0.4, -0.2) is 34.9 Å². The van der Waals surface area contributed by atoms with Gasteiger partial charge in [-0.05, 0) is 30.5 Å². The molecule has 1 atom stereocenters. The molecule has 0 fully saturated rings. The van der Waals surface area contributed by atoms with Crippen LogP contribution in [0.25, 0.3) is 11.0 Å². The summed E-state index contributed by atoms with van der Waals surface area (Å²) in [6.07, 6.45) is 2.18. The van der Waals surface area contributed by atoms with E-state index >= 15 is 0 Å². The number of rotatable bonds is 5. The van der Waals surface area contributed by atoms with Crippen molar-refractivity contribution >= 4 is 22.8 Å². The number of hydrogen-bond donors (Lipinski definition) is 3. The largest absolute Gasteiger partial charge is 0.357 e. The molecule has 2 aromatic rings. The number of likely N-dealkylation sites (N-methyl/N-ethyl adjacent to an activating group) is 1. The van der Waals surface area contributed by atoms with Gasteiger partial charge in [-0.15, -0.1) is 0 Å². The Kier molecular flexibility index (Phi) is 4.57. The summed E-state index contributed by atoms with van der Waals surface area (Å²) in [4.78, 5) is 31.2. The van der Waals surface area contributed by atoms with Crippen molar-refractivity contribution in [2.75, 3.05) is 7.05 Å². The van der Waals surface area contributed by atoms with Gasteiger partial charge in [0, 0.05) is 12.6 Å². The normalized spacial score (nSPS) is 12.4. The summed E-state index contributed by atoms with van der Waals surface area (Å²) < 4.78 is 0. The standard InChI is InChI=1S/C15H20N4O2/c1-9(2)6-13(15(21)16-3)19-14(20)10-4-5-11-12(7-10)18-8-17-11/h4-5,7-9,13H,6H2,1-3H3,(H,16,21)(H,17,18)(H,19,20). The first-order valence-corrected chi connectivity index (χ1v) is 6.97. The Morgan fingerprint density at radius 1 is 1.33 bits per heavy atom. The van der Waals surface area contributed by atoms with E-state index in [9.17, 15) is 9.59 Å². The zero-order valence-electron chi connectivity index (χ0n) is 12.4. The van der Waals surface area contributed by atoms with Crippen LogP contribution >= 0.6 is 0 Å². The van der Waals surface area contributed by atoms with E-state index in [4.69, 9.17) is 0 Å². The number of H-pyrrole nitrogens is 1. The van der Waals surface area contributed by atoms with Gasteiger partial charge in [0.1, 0.15) is 6.04 Å². The van der Waals surface area contributed by atoms with Gasteiger partial charge in [0.2, 0.25) is 5.91 Å². The Hall–Kier alpha value is -2.37. The number of carbonyl (C=O) groups excluding carboxylic acids is 2. The molecule has 2 amide bonds. The van der Waals surface area contributed by atoms with Crippen LogP contribution in [-0.2, 0) is 4.79 Å². The van der Waals surface area contributed by atoms with Crippen molar-refractivity contribution in [3.8, 4) is 0 Å². The second kappa shape index (κ2) is 6.39. The molecule has 2 rings (SSSR count). The molecule has 1 aromatic heterocycles. The molecule has 112 valence electrons. The Morgan fingerprint density at radius 2 is 2.10 bits per heavy atom. The topological polar surface area (TPSA) is 86.9 Å². The number of carbonyl (C=O) groups is 2. The summed E-state index contributed by atoms with van der Waals surface area (Å²) in [7, 11) is 1.57. The Bertz CT molecular complexity index is 648.